The van der Waals surface area contributed by atoms with Crippen molar-refractivity contribution in [3.05, 3.63) is 12.2 Å². The second-order valence-corrected chi connectivity index (χ2v) is 3.73. The Balaban J connectivity index is 2.12. The van der Waals surface area contributed by atoms with Gasteiger partial charge in [0.25, 0.3) is 0 Å². The molecule has 1 heterocycles. The van der Waals surface area contributed by atoms with Crippen LogP contribution < -0.4 is 5.32 Å². The van der Waals surface area contributed by atoms with Gasteiger partial charge in [0.05, 0.1) is 12.6 Å². The van der Waals surface area contributed by atoms with Gasteiger partial charge in [-0.2, -0.15) is 5.10 Å². The smallest absolute Gasteiger partial charge is 0.141 e. The maximum Gasteiger partial charge on any atom is 0.141 e. The Bertz CT molecular complexity index is 277. The molecule has 1 atom stereocenters. The first kappa shape index (κ1) is 8.69. The minimum atomic E-state index is 0.519. The van der Waals surface area contributed by atoms with Crippen LogP contribution in [-0.4, -0.2) is 21.8 Å². The van der Waals surface area contributed by atoms with Crippen molar-refractivity contribution in [2.45, 2.75) is 32.4 Å². The van der Waals surface area contributed by atoms with Gasteiger partial charge in [-0.3, -0.25) is 0 Å². The minimum Gasteiger partial charge on any atom is -0.313 e. The van der Waals surface area contributed by atoms with Crippen LogP contribution in [0.25, 0.3) is 0 Å². The fourth-order valence-electron chi connectivity index (χ4n) is 1.68. The molecule has 0 aliphatic heterocycles. The highest BCUT2D eigenvalue weighted by Gasteiger charge is 2.30. The fourth-order valence-corrected chi connectivity index (χ4v) is 1.68. The number of hydrogen-bond acceptors (Lipinski definition) is 3. The van der Waals surface area contributed by atoms with E-state index in [0.29, 0.717) is 6.04 Å². The third kappa shape index (κ3) is 1.72. The minimum absolute atomic E-state index is 0.519. The van der Waals surface area contributed by atoms with E-state index in [1.165, 1.54) is 12.8 Å². The molecule has 1 aromatic rings. The Kier molecular flexibility index (Phi) is 2.31. The molecule has 1 saturated carbocycles. The zero-order valence-corrected chi connectivity index (χ0v) is 8.20. The van der Waals surface area contributed by atoms with Gasteiger partial charge >= 0.3 is 0 Å². The SMILES string of the molecule is CNCc1ncnn1C(C)C1CC1. The van der Waals surface area contributed by atoms with Crippen molar-refractivity contribution >= 4 is 0 Å². The first-order chi connectivity index (χ1) is 6.33. The van der Waals surface area contributed by atoms with Crippen LogP contribution in [0, 0.1) is 5.92 Å². The maximum atomic E-state index is 4.26. The summed E-state index contributed by atoms with van der Waals surface area (Å²) in [5.41, 5.74) is 0. The van der Waals surface area contributed by atoms with Crippen LogP contribution in [0.5, 0.6) is 0 Å². The average Bonchev–Trinajstić information content (AvgIpc) is 2.87. The summed E-state index contributed by atoms with van der Waals surface area (Å²) in [6.07, 6.45) is 4.34. The van der Waals surface area contributed by atoms with Gasteiger partial charge < -0.3 is 5.32 Å². The summed E-state index contributed by atoms with van der Waals surface area (Å²) in [4.78, 5) is 4.23. The Morgan fingerprint density at radius 1 is 1.69 bits per heavy atom. The summed E-state index contributed by atoms with van der Waals surface area (Å²) in [6, 6.07) is 0.519. The molecule has 1 N–H and O–H groups in total. The molecule has 4 nitrogen and oxygen atoms in total. The molecule has 2 rings (SSSR count). The molecule has 1 unspecified atom stereocenters. The first-order valence-electron chi connectivity index (χ1n) is 4.86. The molecule has 0 amide bonds. The summed E-state index contributed by atoms with van der Waals surface area (Å²) < 4.78 is 2.05. The highest BCUT2D eigenvalue weighted by atomic mass is 15.4. The quantitative estimate of drug-likeness (QED) is 0.750. The maximum absolute atomic E-state index is 4.26. The van der Waals surface area contributed by atoms with Crippen LogP contribution in [-0.2, 0) is 6.54 Å². The molecule has 0 radical (unpaired) electrons. The fraction of sp³-hybridized carbons (Fsp3) is 0.778. The number of nitrogens with zero attached hydrogens (tertiary/aromatic N) is 3. The normalized spacial score (nSPS) is 18.9. The van der Waals surface area contributed by atoms with Crippen molar-refractivity contribution in [2.75, 3.05) is 7.05 Å². The van der Waals surface area contributed by atoms with E-state index < -0.39 is 0 Å². The van der Waals surface area contributed by atoms with Gasteiger partial charge in [0.1, 0.15) is 12.2 Å². The number of rotatable bonds is 4. The second-order valence-electron chi connectivity index (χ2n) is 3.73. The molecule has 0 aromatic carbocycles. The molecule has 4 heteroatoms. The average molecular weight is 180 g/mol. The van der Waals surface area contributed by atoms with Gasteiger partial charge in [0, 0.05) is 0 Å². The van der Waals surface area contributed by atoms with E-state index in [-0.39, 0.29) is 0 Å². The number of aromatic nitrogens is 3. The molecule has 1 aliphatic carbocycles. The molecule has 1 aliphatic rings. The molecular weight excluding hydrogens is 164 g/mol. The lowest BCUT2D eigenvalue weighted by molar-refractivity contribution is 0.419. The lowest BCUT2D eigenvalue weighted by Gasteiger charge is -2.12. The van der Waals surface area contributed by atoms with Crippen molar-refractivity contribution in [1.82, 2.24) is 20.1 Å². The van der Waals surface area contributed by atoms with E-state index in [1.807, 2.05) is 11.7 Å². The predicted molar refractivity (Wildman–Crippen MR) is 50.2 cm³/mol. The predicted octanol–water partition coefficient (Wildman–Crippen LogP) is 0.968. The monoisotopic (exact) mass is 180 g/mol. The van der Waals surface area contributed by atoms with Crippen molar-refractivity contribution < 1.29 is 0 Å². The Labute approximate surface area is 78.4 Å². The molecule has 13 heavy (non-hydrogen) atoms. The standard InChI is InChI=1S/C9H16N4/c1-7(8-3-4-8)13-9(5-10-2)11-6-12-13/h6-8,10H,3-5H2,1-2H3. The van der Waals surface area contributed by atoms with Gasteiger partial charge in [-0.1, -0.05) is 0 Å². The van der Waals surface area contributed by atoms with Crippen molar-refractivity contribution in [1.29, 1.82) is 0 Å². The van der Waals surface area contributed by atoms with Crippen LogP contribution in [0.4, 0.5) is 0 Å². The van der Waals surface area contributed by atoms with E-state index in [9.17, 15) is 0 Å². The van der Waals surface area contributed by atoms with Crippen LogP contribution in [0.3, 0.4) is 0 Å². The van der Waals surface area contributed by atoms with Gasteiger partial charge in [0.2, 0.25) is 0 Å². The molecule has 1 aromatic heterocycles. The van der Waals surface area contributed by atoms with E-state index in [1.54, 1.807) is 6.33 Å². The van der Waals surface area contributed by atoms with E-state index in [0.717, 1.165) is 18.3 Å². The van der Waals surface area contributed by atoms with Crippen molar-refractivity contribution in [2.24, 2.45) is 5.92 Å². The lowest BCUT2D eigenvalue weighted by Crippen LogP contribution is -2.17. The zero-order valence-electron chi connectivity index (χ0n) is 8.20. The molecule has 0 spiro atoms. The second kappa shape index (κ2) is 3.46. The van der Waals surface area contributed by atoms with Gasteiger partial charge in [0.15, 0.2) is 0 Å². The molecule has 72 valence electrons. The summed E-state index contributed by atoms with van der Waals surface area (Å²) in [6.45, 7) is 3.03. The van der Waals surface area contributed by atoms with Crippen LogP contribution >= 0.6 is 0 Å². The molecule has 1 fully saturated rings. The summed E-state index contributed by atoms with van der Waals surface area (Å²) >= 11 is 0. The van der Waals surface area contributed by atoms with Gasteiger partial charge in [-0.25, -0.2) is 9.67 Å². The Hall–Kier alpha value is -0.900. The third-order valence-electron chi connectivity index (χ3n) is 2.67. The highest BCUT2D eigenvalue weighted by Crippen LogP contribution is 2.39. The third-order valence-corrected chi connectivity index (χ3v) is 2.67. The molecule has 0 saturated heterocycles. The van der Waals surface area contributed by atoms with Crippen LogP contribution in [0.2, 0.25) is 0 Å². The van der Waals surface area contributed by atoms with Crippen molar-refractivity contribution in [3.63, 3.8) is 0 Å². The van der Waals surface area contributed by atoms with E-state index >= 15 is 0 Å². The van der Waals surface area contributed by atoms with Crippen LogP contribution in [0.15, 0.2) is 6.33 Å². The van der Waals surface area contributed by atoms with Crippen LogP contribution in [0.1, 0.15) is 31.6 Å². The highest BCUT2D eigenvalue weighted by molar-refractivity contribution is 4.91. The molecular formula is C9H16N4. The molecule has 0 bridgehead atoms. The summed E-state index contributed by atoms with van der Waals surface area (Å²) in [7, 11) is 1.93. The van der Waals surface area contributed by atoms with E-state index in [2.05, 4.69) is 22.3 Å². The Morgan fingerprint density at radius 2 is 2.46 bits per heavy atom. The van der Waals surface area contributed by atoms with Gasteiger partial charge in [-0.05, 0) is 32.7 Å². The lowest BCUT2D eigenvalue weighted by atomic mass is 10.2. The number of nitrogens with one attached hydrogen (secondary N) is 1. The van der Waals surface area contributed by atoms with Gasteiger partial charge in [-0.15, -0.1) is 0 Å². The summed E-state index contributed by atoms with van der Waals surface area (Å²) in [5.74, 6) is 1.87. The van der Waals surface area contributed by atoms with E-state index in [4.69, 9.17) is 0 Å². The zero-order chi connectivity index (χ0) is 9.26. The van der Waals surface area contributed by atoms with Crippen molar-refractivity contribution in [3.8, 4) is 0 Å². The summed E-state index contributed by atoms with van der Waals surface area (Å²) in [5, 5.41) is 7.36. The first-order valence-corrected chi connectivity index (χ1v) is 4.86. The number of hydrogen-bond donors (Lipinski definition) is 1. The Morgan fingerprint density at radius 3 is 3.08 bits per heavy atom. The topological polar surface area (TPSA) is 42.7 Å². The largest absolute Gasteiger partial charge is 0.313 e.